The molecule has 4 aromatic rings. The Morgan fingerprint density at radius 3 is 2.50 bits per heavy atom. The minimum Gasteiger partial charge on any atom is -0.460 e. The first-order valence-corrected chi connectivity index (χ1v) is 9.62. The Hall–Kier alpha value is -4.84. The first kappa shape index (κ1) is 20.4. The van der Waals surface area contributed by atoms with Crippen molar-refractivity contribution in [2.45, 2.75) is 6.92 Å². The molecule has 0 spiro atoms. The molecule has 158 valence electrons. The zero-order chi connectivity index (χ0) is 22.5. The number of rotatable bonds is 5. The number of urea groups is 1. The minimum atomic E-state index is -0.516. The van der Waals surface area contributed by atoms with Gasteiger partial charge in [-0.1, -0.05) is 12.1 Å². The highest BCUT2D eigenvalue weighted by atomic mass is 16.3. The molecule has 2 aromatic heterocycles. The number of hydrogen-bond acceptors (Lipinski definition) is 5. The Kier molecular flexibility index (Phi) is 5.68. The number of furan rings is 1. The number of benzene rings is 2. The number of aromatic amines is 1. The first-order chi connectivity index (χ1) is 15.5. The molecule has 0 saturated heterocycles. The van der Waals surface area contributed by atoms with Gasteiger partial charge in [0, 0.05) is 23.0 Å². The number of carbonyl (C=O) groups is 2. The summed E-state index contributed by atoms with van der Waals surface area (Å²) in [6, 6.07) is 19.9. The van der Waals surface area contributed by atoms with E-state index in [0.29, 0.717) is 39.8 Å². The van der Waals surface area contributed by atoms with Crippen LogP contribution in [0.2, 0.25) is 0 Å². The van der Waals surface area contributed by atoms with Crippen LogP contribution in [-0.2, 0) is 0 Å². The lowest BCUT2D eigenvalue weighted by Gasteiger charge is -2.09. The average molecular weight is 426 g/mol. The Bertz CT molecular complexity index is 1330. The summed E-state index contributed by atoms with van der Waals surface area (Å²) in [5.74, 6) is 1.33. The highest BCUT2D eigenvalue weighted by Crippen LogP contribution is 2.22. The van der Waals surface area contributed by atoms with Gasteiger partial charge in [0.1, 0.15) is 11.5 Å². The maximum atomic E-state index is 12.5. The van der Waals surface area contributed by atoms with Crippen LogP contribution in [-0.4, -0.2) is 22.1 Å². The van der Waals surface area contributed by atoms with Gasteiger partial charge in [-0.3, -0.25) is 15.2 Å². The van der Waals surface area contributed by atoms with E-state index in [1.54, 1.807) is 60.7 Å². The monoisotopic (exact) mass is 426 g/mol. The van der Waals surface area contributed by atoms with E-state index in [-0.39, 0.29) is 5.91 Å². The van der Waals surface area contributed by atoms with Crippen LogP contribution in [0.4, 0.5) is 22.0 Å². The molecule has 32 heavy (non-hydrogen) atoms. The van der Waals surface area contributed by atoms with Crippen molar-refractivity contribution < 1.29 is 14.0 Å². The van der Waals surface area contributed by atoms with E-state index in [4.69, 9.17) is 9.68 Å². The van der Waals surface area contributed by atoms with Crippen LogP contribution in [0.15, 0.2) is 71.1 Å². The van der Waals surface area contributed by atoms with E-state index >= 15 is 0 Å². The first-order valence-electron chi connectivity index (χ1n) is 9.62. The van der Waals surface area contributed by atoms with Crippen molar-refractivity contribution in [1.82, 2.24) is 10.2 Å². The van der Waals surface area contributed by atoms with E-state index in [2.05, 4.69) is 26.1 Å². The highest BCUT2D eigenvalue weighted by Gasteiger charge is 2.12. The van der Waals surface area contributed by atoms with Gasteiger partial charge in [0.15, 0.2) is 11.6 Å². The second-order valence-corrected chi connectivity index (χ2v) is 6.88. The molecule has 0 aliphatic heterocycles. The molecule has 0 saturated carbocycles. The molecule has 0 radical (unpaired) electrons. The Balaban J connectivity index is 1.39. The SMILES string of the molecule is Cc1ccc(-c2cc(NC(=O)Nc3cccc(C(=O)Nc4cccc(C#N)c4)c3)n[nH]2)o1. The fourth-order valence-electron chi connectivity index (χ4n) is 2.98. The lowest BCUT2D eigenvalue weighted by molar-refractivity contribution is 0.102. The maximum absolute atomic E-state index is 12.5. The second kappa shape index (κ2) is 8.89. The molecule has 0 unspecified atom stereocenters. The van der Waals surface area contributed by atoms with Gasteiger partial charge in [-0.15, -0.1) is 0 Å². The number of nitriles is 1. The quantitative estimate of drug-likeness (QED) is 0.365. The molecule has 0 aliphatic carbocycles. The van der Waals surface area contributed by atoms with Crippen LogP contribution >= 0.6 is 0 Å². The fraction of sp³-hybridized carbons (Fsp3) is 0.0435. The van der Waals surface area contributed by atoms with Crippen molar-refractivity contribution in [1.29, 1.82) is 5.26 Å². The summed E-state index contributed by atoms with van der Waals surface area (Å²) < 4.78 is 5.52. The fourth-order valence-corrected chi connectivity index (χ4v) is 2.98. The van der Waals surface area contributed by atoms with Crippen LogP contribution in [0.25, 0.3) is 11.5 Å². The van der Waals surface area contributed by atoms with Crippen molar-refractivity contribution >= 4 is 29.1 Å². The summed E-state index contributed by atoms with van der Waals surface area (Å²) in [6.45, 7) is 1.84. The molecule has 0 atom stereocenters. The molecule has 2 aromatic carbocycles. The van der Waals surface area contributed by atoms with Crippen molar-refractivity contribution in [2.75, 3.05) is 16.0 Å². The molecule has 3 amide bonds. The van der Waals surface area contributed by atoms with Crippen molar-refractivity contribution in [3.05, 3.63) is 83.6 Å². The maximum Gasteiger partial charge on any atom is 0.324 e. The van der Waals surface area contributed by atoms with Crippen molar-refractivity contribution in [2.24, 2.45) is 0 Å². The molecule has 0 aliphatic rings. The number of nitrogens with zero attached hydrogens (tertiary/aromatic N) is 2. The van der Waals surface area contributed by atoms with Gasteiger partial charge in [0.05, 0.1) is 11.6 Å². The van der Waals surface area contributed by atoms with Crippen LogP contribution in [0.3, 0.4) is 0 Å². The molecule has 4 rings (SSSR count). The molecule has 0 bridgehead atoms. The van der Waals surface area contributed by atoms with Gasteiger partial charge in [0.25, 0.3) is 5.91 Å². The lowest BCUT2D eigenvalue weighted by atomic mass is 10.1. The summed E-state index contributed by atoms with van der Waals surface area (Å²) in [6.07, 6.45) is 0. The molecule has 0 fully saturated rings. The lowest BCUT2D eigenvalue weighted by Crippen LogP contribution is -2.20. The summed E-state index contributed by atoms with van der Waals surface area (Å²) in [7, 11) is 0. The molecular formula is C23H18N6O3. The van der Waals surface area contributed by atoms with Crippen LogP contribution < -0.4 is 16.0 Å². The van der Waals surface area contributed by atoms with Crippen LogP contribution in [0, 0.1) is 18.3 Å². The van der Waals surface area contributed by atoms with Crippen molar-refractivity contribution in [3.63, 3.8) is 0 Å². The number of H-pyrrole nitrogens is 1. The van der Waals surface area contributed by atoms with Gasteiger partial charge >= 0.3 is 6.03 Å². The van der Waals surface area contributed by atoms with Crippen LogP contribution in [0.5, 0.6) is 0 Å². The number of aromatic nitrogens is 2. The molecule has 9 nitrogen and oxygen atoms in total. The Morgan fingerprint density at radius 1 is 0.969 bits per heavy atom. The highest BCUT2D eigenvalue weighted by molar-refractivity contribution is 6.06. The van der Waals surface area contributed by atoms with Gasteiger partial charge in [-0.25, -0.2) is 4.79 Å². The van der Waals surface area contributed by atoms with Crippen molar-refractivity contribution in [3.8, 4) is 17.5 Å². The molecule has 2 heterocycles. The van der Waals surface area contributed by atoms with Gasteiger partial charge in [-0.05, 0) is 55.5 Å². The van der Waals surface area contributed by atoms with Gasteiger partial charge in [0.2, 0.25) is 0 Å². The third kappa shape index (κ3) is 4.83. The smallest absolute Gasteiger partial charge is 0.324 e. The van der Waals surface area contributed by atoms with E-state index in [1.807, 2.05) is 19.1 Å². The van der Waals surface area contributed by atoms with Crippen LogP contribution in [0.1, 0.15) is 21.7 Å². The zero-order valence-corrected chi connectivity index (χ0v) is 17.0. The number of amides is 3. The predicted octanol–water partition coefficient (Wildman–Crippen LogP) is 4.75. The van der Waals surface area contributed by atoms with E-state index in [9.17, 15) is 9.59 Å². The summed E-state index contributed by atoms with van der Waals surface area (Å²) in [5.41, 5.74) is 2.36. The van der Waals surface area contributed by atoms with E-state index in [0.717, 1.165) is 5.76 Å². The van der Waals surface area contributed by atoms with Gasteiger partial charge < -0.3 is 15.1 Å². The standard InChI is InChI=1S/C23H18N6O3/c1-14-8-9-20(32-14)19-12-21(29-28-19)27-23(31)26-18-7-3-5-16(11-18)22(30)25-17-6-2-4-15(10-17)13-24/h2-12H,1H3,(H,25,30)(H3,26,27,28,29,31). The zero-order valence-electron chi connectivity index (χ0n) is 17.0. The molecule has 4 N–H and O–H groups in total. The normalized spacial score (nSPS) is 10.2. The molecular weight excluding hydrogens is 408 g/mol. The topological polar surface area (TPSA) is 136 Å². The second-order valence-electron chi connectivity index (χ2n) is 6.88. The number of aryl methyl sites for hydroxylation is 1. The summed E-state index contributed by atoms with van der Waals surface area (Å²) >= 11 is 0. The third-order valence-corrected chi connectivity index (χ3v) is 4.46. The predicted molar refractivity (Wildman–Crippen MR) is 119 cm³/mol. The minimum absolute atomic E-state index is 0.317. The number of nitrogens with one attached hydrogen (secondary N) is 4. The Morgan fingerprint density at radius 2 is 1.75 bits per heavy atom. The third-order valence-electron chi connectivity index (χ3n) is 4.46. The number of carbonyl (C=O) groups excluding carboxylic acids is 2. The van der Waals surface area contributed by atoms with E-state index in [1.165, 1.54) is 0 Å². The largest absolute Gasteiger partial charge is 0.460 e. The summed E-state index contributed by atoms with van der Waals surface area (Å²) in [5, 5.41) is 23.9. The number of anilines is 3. The average Bonchev–Trinajstić information content (AvgIpc) is 3.43. The molecule has 9 heteroatoms. The summed E-state index contributed by atoms with van der Waals surface area (Å²) in [4.78, 5) is 24.9. The van der Waals surface area contributed by atoms with E-state index < -0.39 is 6.03 Å². The Labute approximate surface area is 183 Å². The van der Waals surface area contributed by atoms with Gasteiger partial charge in [-0.2, -0.15) is 10.4 Å². The number of hydrogen-bond donors (Lipinski definition) is 4.